The van der Waals surface area contributed by atoms with Crippen LogP contribution in [0.15, 0.2) is 48.8 Å². The van der Waals surface area contributed by atoms with Crippen molar-refractivity contribution in [3.8, 4) is 0 Å². The summed E-state index contributed by atoms with van der Waals surface area (Å²) in [4.78, 5) is 6.20. The van der Waals surface area contributed by atoms with Crippen LogP contribution >= 0.6 is 0 Å². The Morgan fingerprint density at radius 3 is 2.62 bits per heavy atom. The van der Waals surface area contributed by atoms with E-state index in [9.17, 15) is 0 Å². The predicted molar refractivity (Wildman–Crippen MR) is 67.2 cm³/mol. The Labute approximate surface area is 95.5 Å². The fourth-order valence-corrected chi connectivity index (χ4v) is 1.60. The SMILES string of the molecule is CN(Cc1ccccc1)c1cncc(N)c1. The maximum atomic E-state index is 5.70. The number of rotatable bonds is 3. The van der Waals surface area contributed by atoms with Gasteiger partial charge in [-0.15, -0.1) is 0 Å². The molecule has 0 aliphatic heterocycles. The van der Waals surface area contributed by atoms with Gasteiger partial charge in [0, 0.05) is 19.8 Å². The summed E-state index contributed by atoms with van der Waals surface area (Å²) in [6, 6.07) is 12.2. The van der Waals surface area contributed by atoms with Crippen LogP contribution in [0, 0.1) is 0 Å². The number of aromatic nitrogens is 1. The highest BCUT2D eigenvalue weighted by molar-refractivity contribution is 5.52. The lowest BCUT2D eigenvalue weighted by atomic mass is 10.2. The van der Waals surface area contributed by atoms with E-state index in [0.29, 0.717) is 5.69 Å². The molecule has 0 unspecified atom stereocenters. The van der Waals surface area contributed by atoms with Crippen LogP contribution in [0.25, 0.3) is 0 Å². The Kier molecular flexibility index (Phi) is 3.05. The largest absolute Gasteiger partial charge is 0.397 e. The van der Waals surface area contributed by atoms with Crippen molar-refractivity contribution in [2.24, 2.45) is 0 Å². The van der Waals surface area contributed by atoms with Gasteiger partial charge >= 0.3 is 0 Å². The zero-order valence-electron chi connectivity index (χ0n) is 9.30. The van der Waals surface area contributed by atoms with Crippen LogP contribution < -0.4 is 10.6 Å². The summed E-state index contributed by atoms with van der Waals surface area (Å²) in [5, 5.41) is 0. The Morgan fingerprint density at radius 2 is 1.94 bits per heavy atom. The summed E-state index contributed by atoms with van der Waals surface area (Å²) in [5.74, 6) is 0. The number of nitrogen functional groups attached to an aromatic ring is 1. The van der Waals surface area contributed by atoms with Crippen molar-refractivity contribution in [3.63, 3.8) is 0 Å². The molecular formula is C13H15N3. The van der Waals surface area contributed by atoms with E-state index in [4.69, 9.17) is 5.73 Å². The Balaban J connectivity index is 2.12. The van der Waals surface area contributed by atoms with Crippen LogP contribution in [0.2, 0.25) is 0 Å². The van der Waals surface area contributed by atoms with Crippen molar-refractivity contribution in [1.29, 1.82) is 0 Å². The number of benzene rings is 1. The van der Waals surface area contributed by atoms with Gasteiger partial charge in [-0.2, -0.15) is 0 Å². The summed E-state index contributed by atoms with van der Waals surface area (Å²) < 4.78 is 0. The first-order chi connectivity index (χ1) is 7.75. The molecule has 3 heteroatoms. The molecule has 82 valence electrons. The van der Waals surface area contributed by atoms with Crippen LogP contribution in [0.5, 0.6) is 0 Å². The lowest BCUT2D eigenvalue weighted by Gasteiger charge is -2.19. The number of nitrogens with zero attached hydrogens (tertiary/aromatic N) is 2. The van der Waals surface area contributed by atoms with E-state index in [-0.39, 0.29) is 0 Å². The number of nitrogens with two attached hydrogens (primary N) is 1. The quantitative estimate of drug-likeness (QED) is 0.850. The third-order valence-electron chi connectivity index (χ3n) is 2.45. The molecule has 0 aliphatic rings. The number of hydrogen-bond acceptors (Lipinski definition) is 3. The maximum absolute atomic E-state index is 5.70. The normalized spacial score (nSPS) is 10.1. The smallest absolute Gasteiger partial charge is 0.0573 e. The Bertz CT molecular complexity index is 454. The number of anilines is 2. The fraction of sp³-hybridized carbons (Fsp3) is 0.154. The average molecular weight is 213 g/mol. The summed E-state index contributed by atoms with van der Waals surface area (Å²) in [5.41, 5.74) is 8.69. The molecule has 0 amide bonds. The monoisotopic (exact) mass is 213 g/mol. The summed E-state index contributed by atoms with van der Waals surface area (Å²) in [7, 11) is 2.03. The van der Waals surface area contributed by atoms with Gasteiger partial charge in [0.05, 0.1) is 17.6 Å². The first kappa shape index (κ1) is 10.5. The van der Waals surface area contributed by atoms with Gasteiger partial charge in [0.1, 0.15) is 0 Å². The van der Waals surface area contributed by atoms with Gasteiger partial charge in [-0.3, -0.25) is 4.98 Å². The zero-order chi connectivity index (χ0) is 11.4. The number of hydrogen-bond donors (Lipinski definition) is 1. The van der Waals surface area contributed by atoms with Crippen molar-refractivity contribution in [1.82, 2.24) is 4.98 Å². The molecule has 1 aromatic carbocycles. The van der Waals surface area contributed by atoms with Gasteiger partial charge in [0.25, 0.3) is 0 Å². The first-order valence-corrected chi connectivity index (χ1v) is 5.21. The molecule has 1 heterocycles. The minimum absolute atomic E-state index is 0.692. The van der Waals surface area contributed by atoms with E-state index in [1.807, 2.05) is 37.5 Å². The molecule has 0 saturated carbocycles. The molecule has 0 saturated heterocycles. The molecule has 0 radical (unpaired) electrons. The highest BCUT2D eigenvalue weighted by Crippen LogP contribution is 2.16. The molecule has 2 rings (SSSR count). The van der Waals surface area contributed by atoms with Gasteiger partial charge in [0.15, 0.2) is 0 Å². The highest BCUT2D eigenvalue weighted by atomic mass is 15.1. The van der Waals surface area contributed by atoms with Crippen molar-refractivity contribution in [2.45, 2.75) is 6.54 Å². The second kappa shape index (κ2) is 4.66. The summed E-state index contributed by atoms with van der Waals surface area (Å²) in [6.07, 6.45) is 3.47. The molecule has 0 bridgehead atoms. The minimum Gasteiger partial charge on any atom is -0.397 e. The maximum Gasteiger partial charge on any atom is 0.0573 e. The average Bonchev–Trinajstić information content (AvgIpc) is 2.30. The van der Waals surface area contributed by atoms with Crippen molar-refractivity contribution in [2.75, 3.05) is 17.7 Å². The lowest BCUT2D eigenvalue weighted by molar-refractivity contribution is 0.918. The third kappa shape index (κ3) is 2.51. The molecule has 2 N–H and O–H groups in total. The molecule has 1 aromatic heterocycles. The van der Waals surface area contributed by atoms with Gasteiger partial charge in [-0.1, -0.05) is 30.3 Å². The second-order valence-electron chi connectivity index (χ2n) is 3.82. The van der Waals surface area contributed by atoms with Crippen LogP contribution in [-0.2, 0) is 6.54 Å². The molecular weight excluding hydrogens is 198 g/mol. The third-order valence-corrected chi connectivity index (χ3v) is 2.45. The standard InChI is InChI=1S/C13H15N3/c1-16(10-11-5-3-2-4-6-11)13-7-12(14)8-15-9-13/h2-9H,10,14H2,1H3. The minimum atomic E-state index is 0.692. The Morgan fingerprint density at radius 1 is 1.19 bits per heavy atom. The first-order valence-electron chi connectivity index (χ1n) is 5.21. The van der Waals surface area contributed by atoms with Crippen LogP contribution in [-0.4, -0.2) is 12.0 Å². The van der Waals surface area contributed by atoms with Crippen molar-refractivity contribution < 1.29 is 0 Å². The van der Waals surface area contributed by atoms with E-state index in [2.05, 4.69) is 22.0 Å². The summed E-state index contributed by atoms with van der Waals surface area (Å²) >= 11 is 0. The molecule has 3 nitrogen and oxygen atoms in total. The van der Waals surface area contributed by atoms with E-state index < -0.39 is 0 Å². The van der Waals surface area contributed by atoms with Crippen LogP contribution in [0.3, 0.4) is 0 Å². The van der Waals surface area contributed by atoms with E-state index in [1.165, 1.54) is 5.56 Å². The molecule has 0 fully saturated rings. The van der Waals surface area contributed by atoms with Crippen molar-refractivity contribution in [3.05, 3.63) is 54.4 Å². The lowest BCUT2D eigenvalue weighted by Crippen LogP contribution is -2.16. The van der Waals surface area contributed by atoms with Gasteiger partial charge < -0.3 is 10.6 Å². The van der Waals surface area contributed by atoms with Gasteiger partial charge in [-0.25, -0.2) is 0 Å². The molecule has 16 heavy (non-hydrogen) atoms. The van der Waals surface area contributed by atoms with Crippen molar-refractivity contribution >= 4 is 11.4 Å². The van der Waals surface area contributed by atoms with E-state index in [0.717, 1.165) is 12.2 Å². The summed E-state index contributed by atoms with van der Waals surface area (Å²) in [6.45, 7) is 0.853. The van der Waals surface area contributed by atoms with Crippen LogP contribution in [0.4, 0.5) is 11.4 Å². The Hall–Kier alpha value is -2.03. The molecule has 0 spiro atoms. The number of pyridine rings is 1. The predicted octanol–water partition coefficient (Wildman–Crippen LogP) is 2.30. The second-order valence-corrected chi connectivity index (χ2v) is 3.82. The van der Waals surface area contributed by atoms with Gasteiger partial charge in [-0.05, 0) is 11.6 Å². The van der Waals surface area contributed by atoms with E-state index in [1.54, 1.807) is 6.20 Å². The fourth-order valence-electron chi connectivity index (χ4n) is 1.60. The van der Waals surface area contributed by atoms with Crippen LogP contribution in [0.1, 0.15) is 5.56 Å². The van der Waals surface area contributed by atoms with Gasteiger partial charge in [0.2, 0.25) is 0 Å². The molecule has 0 atom stereocenters. The molecule has 2 aromatic rings. The zero-order valence-corrected chi connectivity index (χ0v) is 9.30. The highest BCUT2D eigenvalue weighted by Gasteiger charge is 2.02. The van der Waals surface area contributed by atoms with E-state index >= 15 is 0 Å². The topological polar surface area (TPSA) is 42.2 Å². The molecule has 0 aliphatic carbocycles.